The number of hydrogen-bond donors (Lipinski definition) is 4. The Labute approximate surface area is 353 Å². The van der Waals surface area contributed by atoms with Crippen LogP contribution in [-0.4, -0.2) is 108 Å². The summed E-state index contributed by atoms with van der Waals surface area (Å²) >= 11 is 0. The van der Waals surface area contributed by atoms with Gasteiger partial charge in [-0.25, -0.2) is 4.79 Å². The molecule has 15 heteroatoms. The summed E-state index contributed by atoms with van der Waals surface area (Å²) in [5.41, 5.74) is 0.736. The Kier molecular flexibility index (Phi) is 17.8. The molecule has 2 aliphatic rings. The van der Waals surface area contributed by atoms with Crippen molar-refractivity contribution in [3.8, 4) is 0 Å². The molecule has 4 N–H and O–H groups in total. The quantitative estimate of drug-likeness (QED) is 0.0768. The number of likely N-dealkylation sites (N-methyl/N-ethyl adjacent to an activating group) is 1. The van der Waals surface area contributed by atoms with Crippen LogP contribution in [0.25, 0.3) is 0 Å². The molecule has 60 heavy (non-hydrogen) atoms. The number of ketones is 1. The van der Waals surface area contributed by atoms with Crippen molar-refractivity contribution in [1.82, 2.24) is 31.1 Å². The molecule has 15 nitrogen and oxygen atoms in total. The number of carbonyl (C=O) groups excluding carboxylic acids is 7. The van der Waals surface area contributed by atoms with E-state index in [2.05, 4.69) is 27.8 Å². The zero-order valence-corrected chi connectivity index (χ0v) is 35.6. The molecule has 0 spiro atoms. The SMILES string of the molecule is C=CCCCC[C@H](NC(=O)OCc1ccccc1)C(=O)N1C[C@@H]2OC(C)(C)C[C@@H]2[C@H]1C(=O)N[C@@H](CCCCC)C(=O)C(=O)NCC(=O)N[C@H](C(=O)N(C)C)c1ccccc1. The van der Waals surface area contributed by atoms with Crippen molar-refractivity contribution in [3.05, 3.63) is 84.4 Å². The van der Waals surface area contributed by atoms with Crippen LogP contribution in [0, 0.1) is 5.92 Å². The van der Waals surface area contributed by atoms with Gasteiger partial charge in [0.2, 0.25) is 29.4 Å². The zero-order chi connectivity index (χ0) is 43.8. The molecular weight excluding hydrogens is 769 g/mol. The zero-order valence-electron chi connectivity index (χ0n) is 35.6. The van der Waals surface area contributed by atoms with Gasteiger partial charge in [0, 0.05) is 26.6 Å². The minimum atomic E-state index is -1.26. The number of carbonyl (C=O) groups is 7. The lowest BCUT2D eigenvalue weighted by molar-refractivity contribution is -0.144. The molecule has 0 saturated carbocycles. The monoisotopic (exact) mass is 830 g/mol. The molecule has 0 aromatic heterocycles. The number of hydrogen-bond acceptors (Lipinski definition) is 9. The Morgan fingerprint density at radius 2 is 1.55 bits per heavy atom. The van der Waals surface area contributed by atoms with Crippen molar-refractivity contribution in [2.75, 3.05) is 27.2 Å². The number of amides is 6. The predicted molar refractivity (Wildman–Crippen MR) is 225 cm³/mol. The second-order valence-corrected chi connectivity index (χ2v) is 16.3. The number of nitrogens with zero attached hydrogens (tertiary/aromatic N) is 2. The van der Waals surface area contributed by atoms with Crippen molar-refractivity contribution < 1.29 is 43.0 Å². The van der Waals surface area contributed by atoms with Crippen molar-refractivity contribution in [1.29, 1.82) is 0 Å². The molecule has 2 saturated heterocycles. The van der Waals surface area contributed by atoms with Gasteiger partial charge in [-0.3, -0.25) is 28.8 Å². The van der Waals surface area contributed by atoms with Gasteiger partial charge in [0.1, 0.15) is 24.7 Å². The van der Waals surface area contributed by atoms with Gasteiger partial charge in [-0.15, -0.1) is 6.58 Å². The standard InChI is InChI=1S/C45H62N6O9/c1-7-9-11-19-25-34(48-44(58)59-29-30-20-15-12-16-21-30)42(56)51-28-35-32(26-45(3,4)60-35)38(51)40(54)47-33(24-14-10-8-2)39(53)41(55)46-27-36(52)49-37(43(57)50(5)6)31-22-17-13-18-23-31/h7,12-13,15-18,20-23,32-35,37-38H,1,8-11,14,19,24-29H2,2-6H3,(H,46,55)(H,47,54)(H,48,58)(H,49,52)/t32-,33-,34-,35-,37-,38-/m0/s1. The average Bonchev–Trinajstić information content (AvgIpc) is 3.73. The molecule has 0 aliphatic carbocycles. The number of fused-ring (bicyclic) bond motifs is 1. The van der Waals surface area contributed by atoms with Gasteiger partial charge in [-0.2, -0.15) is 0 Å². The van der Waals surface area contributed by atoms with Crippen molar-refractivity contribution in [2.24, 2.45) is 5.92 Å². The van der Waals surface area contributed by atoms with E-state index in [9.17, 15) is 33.6 Å². The summed E-state index contributed by atoms with van der Waals surface area (Å²) in [6.07, 6.45) is 5.47. The van der Waals surface area contributed by atoms with Crippen LogP contribution in [-0.2, 0) is 44.8 Å². The fourth-order valence-corrected chi connectivity index (χ4v) is 7.77. The molecule has 0 bridgehead atoms. The van der Waals surface area contributed by atoms with Gasteiger partial charge in [0.15, 0.2) is 0 Å². The van der Waals surface area contributed by atoms with Crippen molar-refractivity contribution >= 4 is 41.4 Å². The lowest BCUT2D eigenvalue weighted by Crippen LogP contribution is -2.58. The number of Topliss-reactive ketones (excluding diaryl/α,β-unsaturated/α-hetero) is 1. The minimum absolute atomic E-state index is 0.00188. The summed E-state index contributed by atoms with van der Waals surface area (Å²) in [6.45, 7) is 9.06. The minimum Gasteiger partial charge on any atom is -0.445 e. The molecule has 326 valence electrons. The number of alkyl carbamates (subject to hydrolysis) is 1. The average molecular weight is 831 g/mol. The third-order valence-electron chi connectivity index (χ3n) is 10.8. The van der Waals surface area contributed by atoms with E-state index in [-0.39, 0.29) is 31.9 Å². The Morgan fingerprint density at radius 3 is 2.20 bits per heavy atom. The van der Waals surface area contributed by atoms with E-state index in [4.69, 9.17) is 9.47 Å². The van der Waals surface area contributed by atoms with Crippen LogP contribution in [0.1, 0.15) is 95.7 Å². The van der Waals surface area contributed by atoms with Gasteiger partial charge >= 0.3 is 6.09 Å². The highest BCUT2D eigenvalue weighted by Gasteiger charge is 2.56. The summed E-state index contributed by atoms with van der Waals surface area (Å²) in [6, 6.07) is 13.4. The molecule has 6 atom stereocenters. The third-order valence-corrected chi connectivity index (χ3v) is 10.8. The van der Waals surface area contributed by atoms with E-state index in [1.54, 1.807) is 50.5 Å². The van der Waals surface area contributed by atoms with Crippen LogP contribution >= 0.6 is 0 Å². The second kappa shape index (κ2) is 22.7. The number of nitrogens with one attached hydrogen (secondary N) is 4. The number of rotatable bonds is 22. The molecular formula is C45H62N6O9. The lowest BCUT2D eigenvalue weighted by atomic mass is 9.89. The summed E-state index contributed by atoms with van der Waals surface area (Å²) in [5.74, 6) is -4.65. The van der Waals surface area contributed by atoms with E-state index in [1.165, 1.54) is 9.80 Å². The topological polar surface area (TPSA) is 193 Å². The number of unbranched alkanes of at least 4 members (excludes halogenated alkanes) is 4. The van der Waals surface area contributed by atoms with Crippen LogP contribution in [0.3, 0.4) is 0 Å². The van der Waals surface area contributed by atoms with E-state index >= 15 is 0 Å². The maximum atomic E-state index is 14.5. The van der Waals surface area contributed by atoms with E-state index in [0.717, 1.165) is 31.2 Å². The largest absolute Gasteiger partial charge is 0.445 e. The number of ether oxygens (including phenoxy) is 2. The van der Waals surface area contributed by atoms with E-state index in [1.807, 2.05) is 51.1 Å². The smallest absolute Gasteiger partial charge is 0.408 e. The summed E-state index contributed by atoms with van der Waals surface area (Å²) in [7, 11) is 3.12. The molecule has 6 amide bonds. The van der Waals surface area contributed by atoms with E-state index < -0.39 is 83.8 Å². The maximum absolute atomic E-state index is 14.5. The van der Waals surface area contributed by atoms with Crippen molar-refractivity contribution in [3.63, 3.8) is 0 Å². The first-order valence-electron chi connectivity index (χ1n) is 20.9. The Morgan fingerprint density at radius 1 is 0.900 bits per heavy atom. The summed E-state index contributed by atoms with van der Waals surface area (Å²) < 4.78 is 11.8. The Hall–Kier alpha value is -5.57. The van der Waals surface area contributed by atoms with Gasteiger partial charge in [0.25, 0.3) is 5.91 Å². The van der Waals surface area contributed by atoms with Crippen LogP contribution in [0.4, 0.5) is 4.79 Å². The van der Waals surface area contributed by atoms with Crippen molar-refractivity contribution in [2.45, 2.75) is 121 Å². The molecule has 4 rings (SSSR count). The fourth-order valence-electron chi connectivity index (χ4n) is 7.77. The first-order valence-corrected chi connectivity index (χ1v) is 20.9. The van der Waals surface area contributed by atoms with Gasteiger partial charge in [-0.05, 0) is 57.1 Å². The van der Waals surface area contributed by atoms with Crippen LogP contribution in [0.5, 0.6) is 0 Å². The third kappa shape index (κ3) is 13.5. The summed E-state index contributed by atoms with van der Waals surface area (Å²) in [5, 5.41) is 10.5. The lowest BCUT2D eigenvalue weighted by Gasteiger charge is -2.32. The molecule has 2 aromatic carbocycles. The van der Waals surface area contributed by atoms with Crippen LogP contribution in [0.15, 0.2) is 73.3 Å². The molecule has 2 aromatic rings. The molecule has 0 unspecified atom stereocenters. The summed E-state index contributed by atoms with van der Waals surface area (Å²) in [4.78, 5) is 97.8. The highest BCUT2D eigenvalue weighted by atomic mass is 16.5. The predicted octanol–water partition coefficient (Wildman–Crippen LogP) is 4.12. The molecule has 2 aliphatic heterocycles. The van der Waals surface area contributed by atoms with Gasteiger partial charge < -0.3 is 40.5 Å². The number of allylic oxidation sites excluding steroid dienone is 1. The molecule has 0 radical (unpaired) electrons. The normalized spacial score (nSPS) is 19.1. The Bertz CT molecular complexity index is 1800. The van der Waals surface area contributed by atoms with Crippen LogP contribution in [0.2, 0.25) is 0 Å². The Balaban J connectivity index is 1.50. The number of likely N-dealkylation sites (tertiary alicyclic amines) is 1. The van der Waals surface area contributed by atoms with Gasteiger partial charge in [0.05, 0.1) is 24.3 Å². The second-order valence-electron chi connectivity index (χ2n) is 16.3. The number of benzene rings is 2. The van der Waals surface area contributed by atoms with Gasteiger partial charge in [-0.1, -0.05) is 99.3 Å². The highest BCUT2D eigenvalue weighted by molar-refractivity contribution is 6.38. The first-order chi connectivity index (χ1) is 28.6. The first kappa shape index (κ1) is 47.1. The molecule has 2 heterocycles. The highest BCUT2D eigenvalue weighted by Crippen LogP contribution is 2.43. The fraction of sp³-hybridized carbons (Fsp3) is 0.533. The van der Waals surface area contributed by atoms with E-state index in [0.29, 0.717) is 24.8 Å². The maximum Gasteiger partial charge on any atom is 0.408 e. The van der Waals surface area contributed by atoms with Crippen LogP contribution < -0.4 is 21.3 Å². The molecule has 2 fully saturated rings.